The predicted molar refractivity (Wildman–Crippen MR) is 77.3 cm³/mol. The van der Waals surface area contributed by atoms with Gasteiger partial charge in [-0.2, -0.15) is 13.2 Å². The molecule has 1 aromatic carbocycles. The Hall–Kier alpha value is -1.76. The van der Waals surface area contributed by atoms with Crippen molar-refractivity contribution in [2.75, 3.05) is 12.4 Å². The van der Waals surface area contributed by atoms with E-state index in [1.165, 1.54) is 12.3 Å². The minimum absolute atomic E-state index is 0.468. The van der Waals surface area contributed by atoms with Gasteiger partial charge in [0.1, 0.15) is 11.4 Å². The summed E-state index contributed by atoms with van der Waals surface area (Å²) < 4.78 is 43.1. The van der Waals surface area contributed by atoms with Crippen molar-refractivity contribution < 1.29 is 17.9 Å². The minimum Gasteiger partial charge on any atom is -0.496 e. The smallest absolute Gasteiger partial charge is 0.433 e. The molecule has 2 rings (SSSR count). The van der Waals surface area contributed by atoms with Crippen molar-refractivity contribution in [3.8, 4) is 5.75 Å². The van der Waals surface area contributed by atoms with Crippen LogP contribution < -0.4 is 10.1 Å². The Labute approximate surface area is 128 Å². The van der Waals surface area contributed by atoms with E-state index in [2.05, 4.69) is 26.2 Å². The highest BCUT2D eigenvalue weighted by Gasteiger charge is 2.31. The summed E-state index contributed by atoms with van der Waals surface area (Å²) in [7, 11) is 1.58. The molecule has 0 fully saturated rings. The Morgan fingerprint density at radius 3 is 2.52 bits per heavy atom. The van der Waals surface area contributed by atoms with E-state index in [0.29, 0.717) is 12.2 Å². The standard InChI is InChI=1S/C14H12BrF3N2O/c1-21-12-4-2-9(6-11(12)15)7-19-10-3-5-13(20-8-10)14(16,17)18/h2-6,8,19H,7H2,1H3. The average molecular weight is 361 g/mol. The number of ether oxygens (including phenoxy) is 1. The first-order valence-electron chi connectivity index (χ1n) is 5.99. The van der Waals surface area contributed by atoms with Gasteiger partial charge in [-0.15, -0.1) is 0 Å². The summed E-state index contributed by atoms with van der Waals surface area (Å²) in [4.78, 5) is 3.39. The molecule has 0 aliphatic carbocycles. The van der Waals surface area contributed by atoms with Gasteiger partial charge in [0.15, 0.2) is 0 Å². The van der Waals surface area contributed by atoms with Gasteiger partial charge in [-0.05, 0) is 45.8 Å². The number of pyridine rings is 1. The van der Waals surface area contributed by atoms with Crippen LogP contribution in [0, 0.1) is 0 Å². The molecule has 0 saturated heterocycles. The third-order valence-corrected chi connectivity index (χ3v) is 3.39. The van der Waals surface area contributed by atoms with E-state index in [-0.39, 0.29) is 0 Å². The maximum atomic E-state index is 12.4. The molecule has 112 valence electrons. The second-order valence-electron chi connectivity index (χ2n) is 4.25. The fraction of sp³-hybridized carbons (Fsp3) is 0.214. The number of alkyl halides is 3. The van der Waals surface area contributed by atoms with Crippen molar-refractivity contribution >= 4 is 21.6 Å². The summed E-state index contributed by atoms with van der Waals surface area (Å²) in [5, 5.41) is 3.01. The first-order valence-corrected chi connectivity index (χ1v) is 6.79. The fourth-order valence-electron chi connectivity index (χ4n) is 1.69. The summed E-state index contributed by atoms with van der Waals surface area (Å²) in [6.07, 6.45) is -3.25. The van der Waals surface area contributed by atoms with Gasteiger partial charge in [-0.3, -0.25) is 0 Å². The first-order chi connectivity index (χ1) is 9.90. The first kappa shape index (κ1) is 15.6. The van der Waals surface area contributed by atoms with Gasteiger partial charge >= 0.3 is 6.18 Å². The zero-order chi connectivity index (χ0) is 15.5. The lowest BCUT2D eigenvalue weighted by Gasteiger charge is -2.10. The summed E-state index contributed by atoms with van der Waals surface area (Å²) in [5.74, 6) is 0.718. The van der Waals surface area contributed by atoms with Gasteiger partial charge in [0.05, 0.1) is 23.5 Å². The Morgan fingerprint density at radius 2 is 2.00 bits per heavy atom. The van der Waals surface area contributed by atoms with Crippen molar-refractivity contribution in [3.05, 3.63) is 52.3 Å². The zero-order valence-electron chi connectivity index (χ0n) is 11.0. The largest absolute Gasteiger partial charge is 0.496 e. The van der Waals surface area contributed by atoms with E-state index >= 15 is 0 Å². The lowest BCUT2D eigenvalue weighted by atomic mass is 10.2. The van der Waals surface area contributed by atoms with Crippen LogP contribution in [0.4, 0.5) is 18.9 Å². The average Bonchev–Trinajstić information content (AvgIpc) is 2.45. The van der Waals surface area contributed by atoms with E-state index in [0.717, 1.165) is 21.9 Å². The molecule has 0 saturated carbocycles. The van der Waals surface area contributed by atoms with Crippen LogP contribution in [0.2, 0.25) is 0 Å². The highest BCUT2D eigenvalue weighted by molar-refractivity contribution is 9.10. The van der Waals surface area contributed by atoms with E-state index < -0.39 is 11.9 Å². The summed E-state index contributed by atoms with van der Waals surface area (Å²) in [5.41, 5.74) is 0.581. The van der Waals surface area contributed by atoms with Crippen LogP contribution in [0.25, 0.3) is 0 Å². The maximum Gasteiger partial charge on any atom is 0.433 e. The molecule has 3 nitrogen and oxygen atoms in total. The summed E-state index contributed by atoms with van der Waals surface area (Å²) >= 11 is 3.37. The SMILES string of the molecule is COc1ccc(CNc2ccc(C(F)(F)F)nc2)cc1Br. The lowest BCUT2D eigenvalue weighted by Crippen LogP contribution is -2.08. The second kappa shape index (κ2) is 6.34. The van der Waals surface area contributed by atoms with Crippen LogP contribution in [0.5, 0.6) is 5.75 Å². The third kappa shape index (κ3) is 4.10. The van der Waals surface area contributed by atoms with Crippen LogP contribution in [0.1, 0.15) is 11.3 Å². The Kier molecular flexibility index (Phi) is 4.72. The van der Waals surface area contributed by atoms with Gasteiger partial charge in [-0.25, -0.2) is 4.98 Å². The minimum atomic E-state index is -4.42. The van der Waals surface area contributed by atoms with Gasteiger partial charge in [-0.1, -0.05) is 6.07 Å². The number of halogens is 4. The van der Waals surface area contributed by atoms with Gasteiger partial charge in [0, 0.05) is 6.54 Å². The molecule has 2 aromatic rings. The lowest BCUT2D eigenvalue weighted by molar-refractivity contribution is -0.141. The molecule has 0 spiro atoms. The van der Waals surface area contributed by atoms with Gasteiger partial charge in [0.25, 0.3) is 0 Å². The Morgan fingerprint density at radius 1 is 1.24 bits per heavy atom. The number of aromatic nitrogens is 1. The van der Waals surface area contributed by atoms with Crippen molar-refractivity contribution in [1.29, 1.82) is 0 Å². The number of hydrogen-bond donors (Lipinski definition) is 1. The molecule has 0 aliphatic heterocycles. The van der Waals surface area contributed by atoms with Crippen LogP contribution in [-0.2, 0) is 12.7 Å². The molecule has 1 heterocycles. The molecule has 0 unspecified atom stereocenters. The van der Waals surface area contributed by atoms with Crippen molar-refractivity contribution in [2.24, 2.45) is 0 Å². The maximum absolute atomic E-state index is 12.4. The van der Waals surface area contributed by atoms with E-state index in [9.17, 15) is 13.2 Å². The second-order valence-corrected chi connectivity index (χ2v) is 5.11. The zero-order valence-corrected chi connectivity index (χ0v) is 12.6. The Bertz CT molecular complexity index is 615. The van der Waals surface area contributed by atoms with Crippen LogP contribution in [-0.4, -0.2) is 12.1 Å². The summed E-state index contributed by atoms with van der Waals surface area (Å²) in [6, 6.07) is 7.87. The molecule has 1 aromatic heterocycles. The molecule has 7 heteroatoms. The number of anilines is 1. The summed E-state index contributed by atoms with van der Waals surface area (Å²) in [6.45, 7) is 0.468. The van der Waals surface area contributed by atoms with Crippen LogP contribution in [0.15, 0.2) is 41.0 Å². The molecule has 0 amide bonds. The fourth-order valence-corrected chi connectivity index (χ4v) is 2.28. The number of nitrogens with zero attached hydrogens (tertiary/aromatic N) is 1. The third-order valence-electron chi connectivity index (χ3n) is 2.77. The Balaban J connectivity index is 2.01. The number of hydrogen-bond acceptors (Lipinski definition) is 3. The van der Waals surface area contributed by atoms with Crippen LogP contribution >= 0.6 is 15.9 Å². The molecular weight excluding hydrogens is 349 g/mol. The van der Waals surface area contributed by atoms with E-state index in [4.69, 9.17) is 4.74 Å². The molecule has 0 bridgehead atoms. The predicted octanol–water partition coefficient (Wildman–Crippen LogP) is 4.48. The number of rotatable bonds is 4. The van der Waals surface area contributed by atoms with Crippen molar-refractivity contribution in [3.63, 3.8) is 0 Å². The van der Waals surface area contributed by atoms with Crippen molar-refractivity contribution in [2.45, 2.75) is 12.7 Å². The topological polar surface area (TPSA) is 34.1 Å². The highest BCUT2D eigenvalue weighted by Crippen LogP contribution is 2.28. The van der Waals surface area contributed by atoms with E-state index in [1.807, 2.05) is 18.2 Å². The normalized spacial score (nSPS) is 11.3. The van der Waals surface area contributed by atoms with Crippen LogP contribution in [0.3, 0.4) is 0 Å². The number of methoxy groups -OCH3 is 1. The molecule has 21 heavy (non-hydrogen) atoms. The van der Waals surface area contributed by atoms with Crippen molar-refractivity contribution in [1.82, 2.24) is 4.98 Å². The molecule has 0 aliphatic rings. The molecule has 0 radical (unpaired) electrons. The number of nitrogens with one attached hydrogen (secondary N) is 1. The van der Waals surface area contributed by atoms with Gasteiger partial charge < -0.3 is 10.1 Å². The molecular formula is C14H12BrF3N2O. The van der Waals surface area contributed by atoms with E-state index in [1.54, 1.807) is 7.11 Å². The quantitative estimate of drug-likeness (QED) is 0.872. The highest BCUT2D eigenvalue weighted by atomic mass is 79.9. The van der Waals surface area contributed by atoms with Gasteiger partial charge in [0.2, 0.25) is 0 Å². The molecule has 0 atom stereocenters. The monoisotopic (exact) mass is 360 g/mol. The molecule has 1 N–H and O–H groups in total. The number of benzene rings is 1.